The monoisotopic (exact) mass is 266 g/mol. The van der Waals surface area contributed by atoms with Gasteiger partial charge in [0.25, 0.3) is 11.4 Å². The Bertz CT molecular complexity index is 427. The van der Waals surface area contributed by atoms with Crippen LogP contribution in [0.1, 0.15) is 19.4 Å². The van der Waals surface area contributed by atoms with Crippen LogP contribution in [0.2, 0.25) is 0 Å². The number of non-ortho nitro benzene ring substituents is 2. The fourth-order valence-electron chi connectivity index (χ4n) is 0.970. The van der Waals surface area contributed by atoms with Crippen molar-refractivity contribution in [3.8, 4) is 0 Å². The fraction of sp³-hybridized carbons (Fsp3) is 0.333. The molecule has 100 valence electrons. The lowest BCUT2D eigenvalue weighted by Gasteiger charge is -2.05. The van der Waals surface area contributed by atoms with E-state index in [0.29, 0.717) is 6.07 Å². The quantitative estimate of drug-likeness (QED) is 0.605. The molecule has 0 spiro atoms. The normalized spacial score (nSPS) is 10.3. The molecular weight excluding hydrogens is 257 g/mol. The van der Waals surface area contributed by atoms with Gasteiger partial charge in [0.2, 0.25) is 0 Å². The van der Waals surface area contributed by atoms with Crippen LogP contribution in [0.3, 0.4) is 0 Å². The summed E-state index contributed by atoms with van der Waals surface area (Å²) in [6.45, 7) is 4.00. The Morgan fingerprint density at radius 1 is 0.944 bits per heavy atom. The maximum absolute atomic E-state index is 12.2. The van der Waals surface area contributed by atoms with Gasteiger partial charge in [-0.25, -0.2) is 0 Å². The van der Waals surface area contributed by atoms with Crippen LogP contribution in [0.25, 0.3) is 0 Å². The number of rotatable bonds is 2. The molecule has 0 aliphatic rings. The second-order valence-corrected chi connectivity index (χ2v) is 2.75. The summed E-state index contributed by atoms with van der Waals surface area (Å²) in [5, 5.41) is 20.5. The summed E-state index contributed by atoms with van der Waals surface area (Å²) in [7, 11) is 0. The Hall–Kier alpha value is -2.19. The van der Waals surface area contributed by atoms with E-state index in [9.17, 15) is 33.4 Å². The molecule has 0 aliphatic heterocycles. The first-order chi connectivity index (χ1) is 8.21. The van der Waals surface area contributed by atoms with E-state index in [1.807, 2.05) is 13.8 Å². The molecule has 9 heteroatoms. The minimum atomic E-state index is -4.86. The average molecular weight is 266 g/mol. The first kappa shape index (κ1) is 15.8. The van der Waals surface area contributed by atoms with Crippen molar-refractivity contribution in [1.29, 1.82) is 0 Å². The number of halogens is 3. The number of alkyl halides is 3. The van der Waals surface area contributed by atoms with E-state index >= 15 is 0 Å². The van der Waals surface area contributed by atoms with E-state index in [1.54, 1.807) is 0 Å². The molecule has 0 atom stereocenters. The highest BCUT2D eigenvalue weighted by molar-refractivity contribution is 5.47. The van der Waals surface area contributed by atoms with E-state index in [-0.39, 0.29) is 12.1 Å². The van der Waals surface area contributed by atoms with E-state index in [1.165, 1.54) is 0 Å². The topological polar surface area (TPSA) is 86.3 Å². The van der Waals surface area contributed by atoms with Gasteiger partial charge in [-0.05, 0) is 0 Å². The van der Waals surface area contributed by atoms with Crippen LogP contribution in [-0.2, 0) is 6.18 Å². The van der Waals surface area contributed by atoms with Crippen LogP contribution in [0, 0.1) is 20.2 Å². The summed E-state index contributed by atoms with van der Waals surface area (Å²) in [6.07, 6.45) is -4.86. The molecule has 0 heterocycles. The Morgan fingerprint density at radius 2 is 1.28 bits per heavy atom. The van der Waals surface area contributed by atoms with Gasteiger partial charge < -0.3 is 0 Å². The summed E-state index contributed by atoms with van der Waals surface area (Å²) in [5.74, 6) is 0. The van der Waals surface area contributed by atoms with Crippen LogP contribution in [0.15, 0.2) is 18.2 Å². The van der Waals surface area contributed by atoms with Crippen LogP contribution >= 0.6 is 0 Å². The van der Waals surface area contributed by atoms with Crippen molar-refractivity contribution in [3.63, 3.8) is 0 Å². The zero-order chi connectivity index (χ0) is 14.5. The summed E-state index contributed by atoms with van der Waals surface area (Å²) in [5.41, 5.74) is -3.36. The van der Waals surface area contributed by atoms with Gasteiger partial charge >= 0.3 is 6.18 Å². The van der Waals surface area contributed by atoms with E-state index in [2.05, 4.69) is 0 Å². The van der Waals surface area contributed by atoms with Crippen LogP contribution < -0.4 is 0 Å². The predicted molar refractivity (Wildman–Crippen MR) is 56.1 cm³/mol. The largest absolute Gasteiger partial charge is 0.416 e. The SMILES string of the molecule is CC.O=[N+]([O-])c1cc([N+](=O)[O-])cc(C(F)(F)F)c1. The molecule has 1 aromatic rings. The highest BCUT2D eigenvalue weighted by Crippen LogP contribution is 2.34. The molecule has 0 radical (unpaired) electrons. The highest BCUT2D eigenvalue weighted by Gasteiger charge is 2.34. The van der Waals surface area contributed by atoms with Crippen LogP contribution in [-0.4, -0.2) is 9.85 Å². The number of nitrogens with zero attached hydrogens (tertiary/aromatic N) is 2. The molecule has 0 saturated heterocycles. The lowest BCUT2D eigenvalue weighted by Crippen LogP contribution is -2.06. The molecule has 0 unspecified atom stereocenters. The van der Waals surface area contributed by atoms with Gasteiger partial charge in [-0.2, -0.15) is 13.2 Å². The maximum Gasteiger partial charge on any atom is 0.416 e. The van der Waals surface area contributed by atoms with E-state index < -0.39 is 33.0 Å². The van der Waals surface area contributed by atoms with Crippen LogP contribution in [0.5, 0.6) is 0 Å². The molecule has 0 aromatic heterocycles. The standard InChI is InChI=1S/C7H3F3N2O4.C2H6/c8-7(9,10)4-1-5(11(13)14)3-6(2-4)12(15)16;1-2/h1-3H;1-2H3. The lowest BCUT2D eigenvalue weighted by atomic mass is 10.1. The summed E-state index contributed by atoms with van der Waals surface area (Å²) in [6, 6.07) is 0.954. The molecule has 0 aliphatic carbocycles. The summed E-state index contributed by atoms with van der Waals surface area (Å²) in [4.78, 5) is 18.3. The molecule has 6 nitrogen and oxygen atoms in total. The Labute approximate surface area is 99.3 Å². The number of benzene rings is 1. The van der Waals surface area contributed by atoms with Crippen LogP contribution in [0.4, 0.5) is 24.5 Å². The predicted octanol–water partition coefficient (Wildman–Crippen LogP) is 3.55. The third kappa shape index (κ3) is 4.00. The minimum absolute atomic E-state index is 0.243. The summed E-state index contributed by atoms with van der Waals surface area (Å²) >= 11 is 0. The molecule has 1 rings (SSSR count). The van der Waals surface area contributed by atoms with Crippen molar-refractivity contribution < 1.29 is 23.0 Å². The van der Waals surface area contributed by atoms with Crippen molar-refractivity contribution in [2.45, 2.75) is 20.0 Å². The number of hydrogen-bond donors (Lipinski definition) is 0. The number of hydrogen-bond acceptors (Lipinski definition) is 4. The molecular formula is C9H9F3N2O4. The van der Waals surface area contributed by atoms with Gasteiger partial charge in [-0.1, -0.05) is 13.8 Å². The van der Waals surface area contributed by atoms with Gasteiger partial charge in [0.05, 0.1) is 21.5 Å². The third-order valence-corrected chi connectivity index (χ3v) is 1.65. The smallest absolute Gasteiger partial charge is 0.258 e. The second-order valence-electron chi connectivity index (χ2n) is 2.75. The van der Waals surface area contributed by atoms with Crippen molar-refractivity contribution in [3.05, 3.63) is 44.0 Å². The van der Waals surface area contributed by atoms with Crippen molar-refractivity contribution in [2.75, 3.05) is 0 Å². The first-order valence-corrected chi connectivity index (χ1v) is 4.73. The first-order valence-electron chi connectivity index (χ1n) is 4.73. The van der Waals surface area contributed by atoms with E-state index in [4.69, 9.17) is 0 Å². The van der Waals surface area contributed by atoms with Gasteiger partial charge in [0.1, 0.15) is 0 Å². The Kier molecular flexibility index (Phi) is 5.22. The highest BCUT2D eigenvalue weighted by atomic mass is 19.4. The molecule has 0 amide bonds. The van der Waals surface area contributed by atoms with Gasteiger partial charge in [-0.15, -0.1) is 0 Å². The molecule has 1 aromatic carbocycles. The van der Waals surface area contributed by atoms with Gasteiger partial charge in [0.15, 0.2) is 0 Å². The zero-order valence-corrected chi connectivity index (χ0v) is 9.39. The Balaban J connectivity index is 0.00000137. The number of nitro groups is 2. The Morgan fingerprint density at radius 3 is 1.50 bits per heavy atom. The second kappa shape index (κ2) is 5.94. The van der Waals surface area contributed by atoms with Gasteiger partial charge in [0, 0.05) is 12.1 Å². The summed E-state index contributed by atoms with van der Waals surface area (Å²) < 4.78 is 36.7. The zero-order valence-electron chi connectivity index (χ0n) is 9.39. The lowest BCUT2D eigenvalue weighted by molar-refractivity contribution is -0.394. The molecule has 18 heavy (non-hydrogen) atoms. The molecule has 0 bridgehead atoms. The molecule has 0 saturated carbocycles. The third-order valence-electron chi connectivity index (χ3n) is 1.65. The molecule has 0 fully saturated rings. The van der Waals surface area contributed by atoms with Crippen molar-refractivity contribution in [2.24, 2.45) is 0 Å². The average Bonchev–Trinajstić information content (AvgIpc) is 2.29. The molecule has 0 N–H and O–H groups in total. The van der Waals surface area contributed by atoms with E-state index in [0.717, 1.165) is 0 Å². The van der Waals surface area contributed by atoms with Crippen molar-refractivity contribution in [1.82, 2.24) is 0 Å². The van der Waals surface area contributed by atoms with Gasteiger partial charge in [-0.3, -0.25) is 20.2 Å². The minimum Gasteiger partial charge on any atom is -0.258 e. The maximum atomic E-state index is 12.2. The fourth-order valence-corrected chi connectivity index (χ4v) is 0.970. The van der Waals surface area contributed by atoms with Crippen molar-refractivity contribution >= 4 is 11.4 Å². The number of nitro benzene ring substituents is 2.